The van der Waals surface area contributed by atoms with Crippen LogP contribution >= 0.6 is 23.1 Å². The number of hydrogen-bond donors (Lipinski definition) is 0. The number of pyridine rings is 1. The zero-order chi connectivity index (χ0) is 19.2. The van der Waals surface area contributed by atoms with Crippen LogP contribution in [0.25, 0.3) is 10.2 Å². The summed E-state index contributed by atoms with van der Waals surface area (Å²) in [6.45, 7) is 4.26. The first-order valence-electron chi connectivity index (χ1n) is 8.43. The van der Waals surface area contributed by atoms with Crippen molar-refractivity contribution in [2.45, 2.75) is 20.4 Å². The number of carbonyl (C=O) groups is 2. The first-order valence-corrected chi connectivity index (χ1v) is 10.2. The van der Waals surface area contributed by atoms with Gasteiger partial charge in [0.15, 0.2) is 10.2 Å². The molecule has 0 spiro atoms. The Morgan fingerprint density at radius 2 is 2.11 bits per heavy atom. The standard InChI is InChI=1S/C19H19N3O3S2/c1-3-25-15-7-4-8-16-18(15)21-19(27-16)22(17(24)12-26-13(2)23)11-14-6-5-9-20-10-14/h4-10H,3,11-12H2,1-2H3. The summed E-state index contributed by atoms with van der Waals surface area (Å²) in [6, 6.07) is 9.47. The maximum Gasteiger partial charge on any atom is 0.239 e. The molecule has 0 atom stereocenters. The average molecular weight is 402 g/mol. The molecule has 3 aromatic rings. The summed E-state index contributed by atoms with van der Waals surface area (Å²) in [6.07, 6.45) is 3.41. The molecule has 2 aromatic heterocycles. The fourth-order valence-corrected chi connectivity index (χ4v) is 3.96. The number of ether oxygens (including phenoxy) is 1. The Morgan fingerprint density at radius 3 is 2.81 bits per heavy atom. The van der Waals surface area contributed by atoms with Crippen LogP contribution in [-0.2, 0) is 16.1 Å². The van der Waals surface area contributed by atoms with E-state index in [1.54, 1.807) is 17.3 Å². The van der Waals surface area contributed by atoms with Crippen LogP contribution in [0.5, 0.6) is 5.75 Å². The smallest absolute Gasteiger partial charge is 0.239 e. The fraction of sp³-hybridized carbons (Fsp3) is 0.263. The predicted molar refractivity (Wildman–Crippen MR) is 109 cm³/mol. The van der Waals surface area contributed by atoms with Gasteiger partial charge in [0, 0.05) is 19.3 Å². The van der Waals surface area contributed by atoms with Gasteiger partial charge in [-0.05, 0) is 30.7 Å². The molecule has 0 saturated carbocycles. The number of carbonyl (C=O) groups excluding carboxylic acids is 2. The zero-order valence-electron chi connectivity index (χ0n) is 15.0. The molecular weight excluding hydrogens is 382 g/mol. The first-order chi connectivity index (χ1) is 13.1. The molecule has 0 radical (unpaired) electrons. The SMILES string of the molecule is CCOc1cccc2sc(N(Cc3cccnc3)C(=O)CSC(C)=O)nc12. The number of thiazole rings is 1. The molecule has 6 nitrogen and oxygen atoms in total. The summed E-state index contributed by atoms with van der Waals surface area (Å²) in [5.41, 5.74) is 1.63. The number of aromatic nitrogens is 2. The number of fused-ring (bicyclic) bond motifs is 1. The molecular formula is C19H19N3O3S2. The molecule has 0 bridgehead atoms. The van der Waals surface area contributed by atoms with E-state index in [1.807, 2.05) is 37.3 Å². The quantitative estimate of drug-likeness (QED) is 0.598. The molecule has 2 heterocycles. The third kappa shape index (κ3) is 4.84. The highest BCUT2D eigenvalue weighted by atomic mass is 32.2. The van der Waals surface area contributed by atoms with Crippen LogP contribution in [0.3, 0.4) is 0 Å². The van der Waals surface area contributed by atoms with Crippen molar-refractivity contribution < 1.29 is 14.3 Å². The van der Waals surface area contributed by atoms with Crippen LogP contribution in [-0.4, -0.2) is 33.4 Å². The molecule has 27 heavy (non-hydrogen) atoms. The van der Waals surface area contributed by atoms with Crippen molar-refractivity contribution in [1.29, 1.82) is 0 Å². The van der Waals surface area contributed by atoms with Crippen LogP contribution in [0.15, 0.2) is 42.7 Å². The highest BCUT2D eigenvalue weighted by Crippen LogP contribution is 2.35. The van der Waals surface area contributed by atoms with Gasteiger partial charge in [-0.3, -0.25) is 19.5 Å². The molecule has 0 aliphatic rings. The number of rotatable bonds is 7. The monoisotopic (exact) mass is 401 g/mol. The lowest BCUT2D eigenvalue weighted by Gasteiger charge is -2.19. The minimum atomic E-state index is -0.170. The lowest BCUT2D eigenvalue weighted by Crippen LogP contribution is -2.32. The van der Waals surface area contributed by atoms with E-state index in [1.165, 1.54) is 18.3 Å². The van der Waals surface area contributed by atoms with Gasteiger partial charge in [-0.2, -0.15) is 0 Å². The second kappa shape index (κ2) is 8.96. The van der Waals surface area contributed by atoms with Crippen molar-refractivity contribution in [2.24, 2.45) is 0 Å². The van der Waals surface area contributed by atoms with Gasteiger partial charge in [-0.1, -0.05) is 35.2 Å². The van der Waals surface area contributed by atoms with Crippen LogP contribution in [0.4, 0.5) is 5.13 Å². The number of nitrogens with zero attached hydrogens (tertiary/aromatic N) is 3. The Labute approximate surface area is 165 Å². The van der Waals surface area contributed by atoms with Gasteiger partial charge in [-0.25, -0.2) is 4.98 Å². The fourth-order valence-electron chi connectivity index (χ4n) is 2.48. The number of para-hydroxylation sites is 1. The maximum atomic E-state index is 12.8. The van der Waals surface area contributed by atoms with Crippen LogP contribution < -0.4 is 9.64 Å². The van der Waals surface area contributed by atoms with Crippen LogP contribution in [0, 0.1) is 0 Å². The highest BCUT2D eigenvalue weighted by molar-refractivity contribution is 8.14. The predicted octanol–water partition coefficient (Wildman–Crippen LogP) is 3.90. The molecule has 140 valence electrons. The topological polar surface area (TPSA) is 72.4 Å². The molecule has 0 N–H and O–H groups in total. The van der Waals surface area contributed by atoms with Gasteiger partial charge in [0.1, 0.15) is 11.3 Å². The average Bonchev–Trinajstić information content (AvgIpc) is 3.10. The normalized spacial score (nSPS) is 10.7. The molecule has 8 heteroatoms. The summed E-state index contributed by atoms with van der Waals surface area (Å²) in [7, 11) is 0. The molecule has 0 fully saturated rings. The van der Waals surface area contributed by atoms with E-state index in [0.717, 1.165) is 27.5 Å². The van der Waals surface area contributed by atoms with Gasteiger partial charge in [-0.15, -0.1) is 0 Å². The summed E-state index contributed by atoms with van der Waals surface area (Å²) in [4.78, 5) is 34.5. The van der Waals surface area contributed by atoms with Gasteiger partial charge in [0.25, 0.3) is 0 Å². The number of thioether (sulfide) groups is 1. The molecule has 1 amide bonds. The molecule has 3 rings (SSSR count). The molecule has 1 aromatic carbocycles. The van der Waals surface area contributed by atoms with Gasteiger partial charge in [0.05, 0.1) is 23.6 Å². The van der Waals surface area contributed by atoms with Crippen LogP contribution in [0.2, 0.25) is 0 Å². The van der Waals surface area contributed by atoms with E-state index in [4.69, 9.17) is 4.74 Å². The molecule has 0 saturated heterocycles. The van der Waals surface area contributed by atoms with E-state index in [9.17, 15) is 9.59 Å². The Kier molecular flexibility index (Phi) is 6.41. The Hall–Kier alpha value is -2.45. The summed E-state index contributed by atoms with van der Waals surface area (Å²) >= 11 is 2.42. The zero-order valence-corrected chi connectivity index (χ0v) is 16.7. The number of anilines is 1. The Morgan fingerprint density at radius 1 is 1.26 bits per heavy atom. The van der Waals surface area contributed by atoms with Gasteiger partial charge >= 0.3 is 0 Å². The van der Waals surface area contributed by atoms with Crippen molar-refractivity contribution in [1.82, 2.24) is 9.97 Å². The lowest BCUT2D eigenvalue weighted by atomic mass is 10.2. The van der Waals surface area contributed by atoms with Gasteiger partial charge in [0.2, 0.25) is 5.91 Å². The number of benzene rings is 1. The molecule has 0 unspecified atom stereocenters. The summed E-state index contributed by atoms with van der Waals surface area (Å²) < 4.78 is 6.60. The second-order valence-corrected chi connectivity index (χ2v) is 7.82. The van der Waals surface area contributed by atoms with Crippen molar-refractivity contribution in [3.8, 4) is 5.75 Å². The Bertz CT molecular complexity index is 944. The molecule has 0 aliphatic carbocycles. The van der Waals surface area contributed by atoms with Crippen molar-refractivity contribution >= 4 is 49.5 Å². The Balaban J connectivity index is 1.96. The summed E-state index contributed by atoms with van der Waals surface area (Å²) in [5.74, 6) is 0.601. The third-order valence-corrected chi connectivity index (χ3v) is 5.51. The maximum absolute atomic E-state index is 12.8. The van der Waals surface area contributed by atoms with E-state index in [0.29, 0.717) is 24.0 Å². The third-order valence-electron chi connectivity index (χ3n) is 3.66. The van der Waals surface area contributed by atoms with E-state index >= 15 is 0 Å². The minimum absolute atomic E-state index is 0.0733. The minimum Gasteiger partial charge on any atom is -0.492 e. The summed E-state index contributed by atoms with van der Waals surface area (Å²) in [5, 5.41) is 0.489. The number of amides is 1. The van der Waals surface area contributed by atoms with E-state index < -0.39 is 0 Å². The molecule has 0 aliphatic heterocycles. The van der Waals surface area contributed by atoms with E-state index in [-0.39, 0.29) is 16.8 Å². The van der Waals surface area contributed by atoms with Gasteiger partial charge < -0.3 is 4.74 Å². The van der Waals surface area contributed by atoms with Crippen LogP contribution in [0.1, 0.15) is 19.4 Å². The second-order valence-electron chi connectivity index (χ2n) is 5.65. The van der Waals surface area contributed by atoms with Crippen molar-refractivity contribution in [2.75, 3.05) is 17.3 Å². The van der Waals surface area contributed by atoms with Crippen molar-refractivity contribution in [3.63, 3.8) is 0 Å². The highest BCUT2D eigenvalue weighted by Gasteiger charge is 2.22. The van der Waals surface area contributed by atoms with Crippen molar-refractivity contribution in [3.05, 3.63) is 48.3 Å². The largest absolute Gasteiger partial charge is 0.492 e. The van der Waals surface area contributed by atoms with E-state index in [2.05, 4.69) is 9.97 Å². The lowest BCUT2D eigenvalue weighted by molar-refractivity contribution is -0.116. The first kappa shape index (κ1) is 19.3. The number of hydrogen-bond acceptors (Lipinski definition) is 7.